The Kier molecular flexibility index (Phi) is 2.78. The molecule has 2 heterocycles. The van der Waals surface area contributed by atoms with Crippen LogP contribution in [0.1, 0.15) is 37.3 Å². The van der Waals surface area contributed by atoms with Crippen molar-refractivity contribution in [3.63, 3.8) is 0 Å². The standard InChI is InChI=1S/C14H18N4/c1-18-14(15)12(10-6-8-16-9-7-10)13(17-18)11-4-2-3-5-11/h6-9,11H,2-5,15H2,1H3. The number of hydrogen-bond donors (Lipinski definition) is 1. The fourth-order valence-electron chi connectivity index (χ4n) is 2.86. The van der Waals surface area contributed by atoms with Gasteiger partial charge in [0.1, 0.15) is 5.82 Å². The van der Waals surface area contributed by atoms with Crippen LogP contribution in [-0.2, 0) is 7.05 Å². The summed E-state index contributed by atoms with van der Waals surface area (Å²) >= 11 is 0. The molecule has 2 aromatic heterocycles. The zero-order chi connectivity index (χ0) is 12.5. The first-order valence-corrected chi connectivity index (χ1v) is 6.50. The van der Waals surface area contributed by atoms with Crippen LogP contribution in [0.25, 0.3) is 11.1 Å². The van der Waals surface area contributed by atoms with Gasteiger partial charge in [-0.2, -0.15) is 5.10 Å². The van der Waals surface area contributed by atoms with Gasteiger partial charge in [-0.1, -0.05) is 12.8 Å². The molecule has 4 nitrogen and oxygen atoms in total. The lowest BCUT2D eigenvalue weighted by molar-refractivity contribution is 0.661. The molecule has 1 aliphatic carbocycles. The van der Waals surface area contributed by atoms with Gasteiger partial charge < -0.3 is 5.73 Å². The van der Waals surface area contributed by atoms with E-state index >= 15 is 0 Å². The van der Waals surface area contributed by atoms with Crippen molar-refractivity contribution in [3.05, 3.63) is 30.2 Å². The largest absolute Gasteiger partial charge is 0.383 e. The molecule has 0 amide bonds. The van der Waals surface area contributed by atoms with Gasteiger partial charge in [0.2, 0.25) is 0 Å². The predicted molar refractivity (Wildman–Crippen MR) is 72.1 cm³/mol. The maximum absolute atomic E-state index is 6.18. The Balaban J connectivity index is 2.12. The quantitative estimate of drug-likeness (QED) is 0.881. The second kappa shape index (κ2) is 4.44. The molecule has 0 unspecified atom stereocenters. The van der Waals surface area contributed by atoms with E-state index in [1.165, 1.54) is 31.4 Å². The SMILES string of the molecule is Cn1nc(C2CCCC2)c(-c2ccncc2)c1N. The van der Waals surface area contributed by atoms with E-state index in [2.05, 4.69) is 10.1 Å². The van der Waals surface area contributed by atoms with Gasteiger partial charge in [-0.25, -0.2) is 0 Å². The highest BCUT2D eigenvalue weighted by Gasteiger charge is 2.25. The molecular formula is C14H18N4. The van der Waals surface area contributed by atoms with Crippen molar-refractivity contribution in [2.75, 3.05) is 5.73 Å². The van der Waals surface area contributed by atoms with Crippen LogP contribution < -0.4 is 5.73 Å². The lowest BCUT2D eigenvalue weighted by Crippen LogP contribution is -1.98. The highest BCUT2D eigenvalue weighted by Crippen LogP contribution is 2.40. The van der Waals surface area contributed by atoms with E-state index in [9.17, 15) is 0 Å². The lowest BCUT2D eigenvalue weighted by atomic mass is 9.96. The minimum Gasteiger partial charge on any atom is -0.383 e. The Morgan fingerprint density at radius 2 is 1.89 bits per heavy atom. The van der Waals surface area contributed by atoms with Crippen LogP contribution in [0.15, 0.2) is 24.5 Å². The normalized spacial score (nSPS) is 16.3. The molecular weight excluding hydrogens is 224 g/mol. The zero-order valence-electron chi connectivity index (χ0n) is 10.6. The minimum atomic E-state index is 0.566. The average Bonchev–Trinajstić information content (AvgIpc) is 3.00. The van der Waals surface area contributed by atoms with Crippen molar-refractivity contribution in [1.29, 1.82) is 0 Å². The van der Waals surface area contributed by atoms with E-state index in [0.29, 0.717) is 5.92 Å². The van der Waals surface area contributed by atoms with Crippen LogP contribution in [-0.4, -0.2) is 14.8 Å². The molecule has 0 spiro atoms. The van der Waals surface area contributed by atoms with Gasteiger partial charge in [-0.15, -0.1) is 0 Å². The zero-order valence-corrected chi connectivity index (χ0v) is 10.6. The van der Waals surface area contributed by atoms with Gasteiger partial charge in [0.25, 0.3) is 0 Å². The second-order valence-electron chi connectivity index (χ2n) is 4.99. The maximum atomic E-state index is 6.18. The van der Waals surface area contributed by atoms with E-state index in [-0.39, 0.29) is 0 Å². The van der Waals surface area contributed by atoms with Crippen molar-refractivity contribution in [2.24, 2.45) is 7.05 Å². The Labute approximate surface area is 107 Å². The molecule has 0 radical (unpaired) electrons. The van der Waals surface area contributed by atoms with Crippen molar-refractivity contribution in [1.82, 2.24) is 14.8 Å². The molecule has 94 valence electrons. The summed E-state index contributed by atoms with van der Waals surface area (Å²) in [5.41, 5.74) is 9.57. The summed E-state index contributed by atoms with van der Waals surface area (Å²) in [7, 11) is 1.92. The van der Waals surface area contributed by atoms with E-state index in [1.807, 2.05) is 19.2 Å². The van der Waals surface area contributed by atoms with Crippen LogP contribution in [0.2, 0.25) is 0 Å². The fourth-order valence-corrected chi connectivity index (χ4v) is 2.86. The van der Waals surface area contributed by atoms with Crippen molar-refractivity contribution in [3.8, 4) is 11.1 Å². The summed E-state index contributed by atoms with van der Waals surface area (Å²) in [5, 5.41) is 4.64. The van der Waals surface area contributed by atoms with Crippen molar-refractivity contribution < 1.29 is 0 Å². The summed E-state index contributed by atoms with van der Waals surface area (Å²) < 4.78 is 1.80. The molecule has 0 saturated heterocycles. The molecule has 18 heavy (non-hydrogen) atoms. The highest BCUT2D eigenvalue weighted by molar-refractivity contribution is 5.76. The van der Waals surface area contributed by atoms with Crippen molar-refractivity contribution in [2.45, 2.75) is 31.6 Å². The Morgan fingerprint density at radius 1 is 1.22 bits per heavy atom. The third-order valence-electron chi connectivity index (χ3n) is 3.83. The minimum absolute atomic E-state index is 0.566. The number of nitrogen functional groups attached to an aromatic ring is 1. The molecule has 2 aromatic rings. The second-order valence-corrected chi connectivity index (χ2v) is 4.99. The van der Waals surface area contributed by atoms with Gasteiger partial charge in [0.05, 0.1) is 5.69 Å². The summed E-state index contributed by atoms with van der Waals surface area (Å²) in [4.78, 5) is 4.07. The topological polar surface area (TPSA) is 56.7 Å². The van der Waals surface area contributed by atoms with Crippen LogP contribution in [0.5, 0.6) is 0 Å². The van der Waals surface area contributed by atoms with Crippen LogP contribution >= 0.6 is 0 Å². The molecule has 3 rings (SSSR count). The van der Waals surface area contributed by atoms with Crippen LogP contribution in [0.3, 0.4) is 0 Å². The summed E-state index contributed by atoms with van der Waals surface area (Å²) in [5.74, 6) is 1.32. The number of aromatic nitrogens is 3. The molecule has 2 N–H and O–H groups in total. The molecule has 1 saturated carbocycles. The van der Waals surface area contributed by atoms with Gasteiger partial charge in [-0.05, 0) is 30.5 Å². The predicted octanol–water partition coefficient (Wildman–Crippen LogP) is 2.72. The number of nitrogens with two attached hydrogens (primary N) is 1. The van der Waals surface area contributed by atoms with E-state index in [4.69, 9.17) is 5.73 Å². The Morgan fingerprint density at radius 3 is 2.56 bits per heavy atom. The first-order valence-electron chi connectivity index (χ1n) is 6.50. The van der Waals surface area contributed by atoms with E-state index in [0.717, 1.165) is 16.9 Å². The van der Waals surface area contributed by atoms with Gasteiger partial charge in [0, 0.05) is 30.9 Å². The number of anilines is 1. The summed E-state index contributed by atoms with van der Waals surface area (Å²) in [6, 6.07) is 4.01. The average molecular weight is 242 g/mol. The van der Waals surface area contributed by atoms with E-state index in [1.54, 1.807) is 17.1 Å². The van der Waals surface area contributed by atoms with E-state index < -0.39 is 0 Å². The Bertz CT molecular complexity index is 538. The molecule has 0 aliphatic heterocycles. The summed E-state index contributed by atoms with van der Waals surface area (Å²) in [6.07, 6.45) is 8.68. The molecule has 4 heteroatoms. The first-order chi connectivity index (χ1) is 8.77. The van der Waals surface area contributed by atoms with Crippen LogP contribution in [0, 0.1) is 0 Å². The van der Waals surface area contributed by atoms with Gasteiger partial charge in [-0.3, -0.25) is 9.67 Å². The number of pyridine rings is 1. The molecule has 0 atom stereocenters. The van der Waals surface area contributed by atoms with Crippen molar-refractivity contribution >= 4 is 5.82 Å². The number of hydrogen-bond acceptors (Lipinski definition) is 3. The molecule has 0 aromatic carbocycles. The molecule has 0 bridgehead atoms. The third-order valence-corrected chi connectivity index (χ3v) is 3.83. The molecule has 1 aliphatic rings. The first kappa shape index (κ1) is 11.3. The maximum Gasteiger partial charge on any atom is 0.129 e. The number of nitrogens with zero attached hydrogens (tertiary/aromatic N) is 3. The lowest BCUT2D eigenvalue weighted by Gasteiger charge is -2.09. The smallest absolute Gasteiger partial charge is 0.129 e. The van der Waals surface area contributed by atoms with Gasteiger partial charge >= 0.3 is 0 Å². The number of rotatable bonds is 2. The van der Waals surface area contributed by atoms with Crippen LogP contribution in [0.4, 0.5) is 5.82 Å². The fraction of sp³-hybridized carbons (Fsp3) is 0.429. The molecule has 1 fully saturated rings. The number of aryl methyl sites for hydroxylation is 1. The highest BCUT2D eigenvalue weighted by atomic mass is 15.3. The Hall–Kier alpha value is -1.84. The van der Waals surface area contributed by atoms with Gasteiger partial charge in [0.15, 0.2) is 0 Å². The monoisotopic (exact) mass is 242 g/mol. The summed E-state index contributed by atoms with van der Waals surface area (Å²) in [6.45, 7) is 0. The third kappa shape index (κ3) is 1.78.